The van der Waals surface area contributed by atoms with Crippen LogP contribution in [0.2, 0.25) is 0 Å². The summed E-state index contributed by atoms with van der Waals surface area (Å²) in [6.07, 6.45) is 2.60. The molecule has 0 aliphatic carbocycles. The average Bonchev–Trinajstić information content (AvgIpc) is 2.69. The van der Waals surface area contributed by atoms with E-state index in [-0.39, 0.29) is 11.4 Å². The van der Waals surface area contributed by atoms with Crippen molar-refractivity contribution in [1.82, 2.24) is 10.2 Å². The molecule has 1 N–H and O–H groups in total. The zero-order chi connectivity index (χ0) is 11.6. The van der Waals surface area contributed by atoms with Gasteiger partial charge >= 0.3 is 0 Å². The van der Waals surface area contributed by atoms with Crippen LogP contribution in [0.4, 0.5) is 0 Å². The molecule has 1 aromatic rings. The van der Waals surface area contributed by atoms with Gasteiger partial charge in [-0.15, -0.1) is 0 Å². The van der Waals surface area contributed by atoms with Crippen LogP contribution in [0.1, 0.15) is 26.0 Å². The molecule has 4 nitrogen and oxygen atoms in total. The van der Waals surface area contributed by atoms with E-state index in [4.69, 9.17) is 4.42 Å². The van der Waals surface area contributed by atoms with Crippen LogP contribution in [0.5, 0.6) is 0 Å². The molecule has 1 fully saturated rings. The lowest BCUT2D eigenvalue weighted by Crippen LogP contribution is -2.47. The van der Waals surface area contributed by atoms with Crippen molar-refractivity contribution in [1.29, 1.82) is 0 Å². The average molecular weight is 222 g/mol. The Bertz CT molecular complexity index is 357. The zero-order valence-corrected chi connectivity index (χ0v) is 9.82. The number of nitrogens with zero attached hydrogens (tertiary/aromatic N) is 1. The molecule has 0 spiro atoms. The Kier molecular flexibility index (Phi) is 3.01. The fourth-order valence-electron chi connectivity index (χ4n) is 2.02. The van der Waals surface area contributed by atoms with E-state index in [0.29, 0.717) is 13.1 Å². The Balaban J connectivity index is 2.17. The van der Waals surface area contributed by atoms with E-state index in [9.17, 15) is 4.79 Å². The summed E-state index contributed by atoms with van der Waals surface area (Å²) in [6, 6.07) is 3.75. The minimum Gasteiger partial charge on any atom is -0.467 e. The van der Waals surface area contributed by atoms with Crippen LogP contribution in [-0.4, -0.2) is 29.4 Å². The van der Waals surface area contributed by atoms with E-state index >= 15 is 0 Å². The predicted octanol–water partition coefficient (Wildman–Crippen LogP) is 1.38. The maximum absolute atomic E-state index is 12.0. The van der Waals surface area contributed by atoms with Crippen LogP contribution in [0, 0.1) is 0 Å². The van der Waals surface area contributed by atoms with Gasteiger partial charge in [0.05, 0.1) is 19.4 Å². The third-order valence-corrected chi connectivity index (χ3v) is 3.12. The minimum absolute atomic E-state index is 0.118. The summed E-state index contributed by atoms with van der Waals surface area (Å²) < 4.78 is 5.30. The lowest BCUT2D eigenvalue weighted by molar-refractivity contribution is -0.135. The van der Waals surface area contributed by atoms with Crippen molar-refractivity contribution in [3.63, 3.8) is 0 Å². The Morgan fingerprint density at radius 1 is 1.56 bits per heavy atom. The molecule has 1 amide bonds. The number of rotatable bonds is 2. The molecule has 0 atom stereocenters. The van der Waals surface area contributed by atoms with Gasteiger partial charge < -0.3 is 14.6 Å². The summed E-state index contributed by atoms with van der Waals surface area (Å²) in [7, 11) is 0. The second kappa shape index (κ2) is 4.29. The lowest BCUT2D eigenvalue weighted by Gasteiger charge is -2.36. The van der Waals surface area contributed by atoms with Crippen LogP contribution in [0.15, 0.2) is 22.8 Å². The SMILES string of the molecule is CC1(C)CCNCC(=O)N1Cc1ccco1. The summed E-state index contributed by atoms with van der Waals surface area (Å²) in [5.74, 6) is 0.974. The molecule has 1 aromatic heterocycles. The lowest BCUT2D eigenvalue weighted by atomic mass is 9.98. The summed E-state index contributed by atoms with van der Waals surface area (Å²) in [4.78, 5) is 13.9. The molecular formula is C12H18N2O2. The Morgan fingerprint density at radius 2 is 2.38 bits per heavy atom. The molecule has 0 saturated carbocycles. The number of carbonyl (C=O) groups excluding carboxylic acids is 1. The van der Waals surface area contributed by atoms with Crippen LogP contribution in [0.3, 0.4) is 0 Å². The molecule has 2 heterocycles. The number of hydrogen-bond donors (Lipinski definition) is 1. The summed E-state index contributed by atoms with van der Waals surface area (Å²) in [5, 5.41) is 3.14. The quantitative estimate of drug-likeness (QED) is 0.822. The monoisotopic (exact) mass is 222 g/mol. The fraction of sp³-hybridized carbons (Fsp3) is 0.583. The highest BCUT2D eigenvalue weighted by molar-refractivity contribution is 5.79. The number of furan rings is 1. The Labute approximate surface area is 95.6 Å². The zero-order valence-electron chi connectivity index (χ0n) is 9.82. The molecule has 0 aromatic carbocycles. The second-order valence-corrected chi connectivity index (χ2v) is 4.80. The Hall–Kier alpha value is -1.29. The van der Waals surface area contributed by atoms with Crippen LogP contribution in [0.25, 0.3) is 0 Å². The highest BCUT2D eigenvalue weighted by Crippen LogP contribution is 2.23. The van der Waals surface area contributed by atoms with Crippen molar-refractivity contribution >= 4 is 5.91 Å². The van der Waals surface area contributed by atoms with Gasteiger partial charge in [-0.25, -0.2) is 0 Å². The first kappa shape index (κ1) is 11.2. The Morgan fingerprint density at radius 3 is 3.06 bits per heavy atom. The van der Waals surface area contributed by atoms with Crippen LogP contribution < -0.4 is 5.32 Å². The third kappa shape index (κ3) is 2.27. The summed E-state index contributed by atoms with van der Waals surface area (Å²) in [5.41, 5.74) is -0.118. The van der Waals surface area contributed by atoms with Gasteiger partial charge in [0.2, 0.25) is 5.91 Å². The van der Waals surface area contributed by atoms with Gasteiger partial charge in [-0.05, 0) is 38.9 Å². The van der Waals surface area contributed by atoms with Crippen molar-refractivity contribution in [3.05, 3.63) is 24.2 Å². The van der Waals surface area contributed by atoms with E-state index in [0.717, 1.165) is 18.7 Å². The fourth-order valence-corrected chi connectivity index (χ4v) is 2.02. The van der Waals surface area contributed by atoms with Gasteiger partial charge in [0.1, 0.15) is 5.76 Å². The van der Waals surface area contributed by atoms with Crippen molar-refractivity contribution in [3.8, 4) is 0 Å². The molecule has 88 valence electrons. The third-order valence-electron chi connectivity index (χ3n) is 3.12. The number of amides is 1. The van der Waals surface area contributed by atoms with E-state index in [1.165, 1.54) is 0 Å². The molecule has 0 unspecified atom stereocenters. The first-order valence-corrected chi connectivity index (χ1v) is 5.63. The van der Waals surface area contributed by atoms with E-state index in [1.54, 1.807) is 6.26 Å². The van der Waals surface area contributed by atoms with Crippen LogP contribution in [-0.2, 0) is 11.3 Å². The molecule has 16 heavy (non-hydrogen) atoms. The van der Waals surface area contributed by atoms with E-state index in [2.05, 4.69) is 19.2 Å². The maximum Gasteiger partial charge on any atom is 0.237 e. The predicted molar refractivity (Wildman–Crippen MR) is 60.8 cm³/mol. The normalized spacial score (nSPS) is 20.9. The molecule has 0 bridgehead atoms. The second-order valence-electron chi connectivity index (χ2n) is 4.80. The summed E-state index contributed by atoms with van der Waals surface area (Å²) in [6.45, 7) is 6.06. The van der Waals surface area contributed by atoms with Gasteiger partial charge in [0.25, 0.3) is 0 Å². The molecular weight excluding hydrogens is 204 g/mol. The minimum atomic E-state index is -0.118. The maximum atomic E-state index is 12.0. The van der Waals surface area contributed by atoms with E-state index in [1.807, 2.05) is 17.0 Å². The van der Waals surface area contributed by atoms with Crippen molar-refractivity contribution in [2.45, 2.75) is 32.4 Å². The van der Waals surface area contributed by atoms with Crippen molar-refractivity contribution < 1.29 is 9.21 Å². The first-order valence-electron chi connectivity index (χ1n) is 5.63. The molecule has 2 rings (SSSR count). The molecule has 1 saturated heterocycles. The number of carbonyl (C=O) groups is 1. The van der Waals surface area contributed by atoms with E-state index < -0.39 is 0 Å². The molecule has 0 radical (unpaired) electrons. The summed E-state index contributed by atoms with van der Waals surface area (Å²) >= 11 is 0. The van der Waals surface area contributed by atoms with Gasteiger partial charge in [0.15, 0.2) is 0 Å². The molecule has 1 aliphatic heterocycles. The van der Waals surface area contributed by atoms with Gasteiger partial charge in [-0.1, -0.05) is 0 Å². The first-order chi connectivity index (χ1) is 7.59. The van der Waals surface area contributed by atoms with Gasteiger partial charge in [-0.2, -0.15) is 0 Å². The standard InChI is InChI=1S/C12H18N2O2/c1-12(2)5-6-13-8-11(15)14(12)9-10-4-3-7-16-10/h3-4,7,13H,5-6,8-9H2,1-2H3. The molecule has 1 aliphatic rings. The topological polar surface area (TPSA) is 45.5 Å². The highest BCUT2D eigenvalue weighted by Gasteiger charge is 2.32. The highest BCUT2D eigenvalue weighted by atomic mass is 16.3. The van der Waals surface area contributed by atoms with Crippen molar-refractivity contribution in [2.75, 3.05) is 13.1 Å². The number of hydrogen-bond acceptors (Lipinski definition) is 3. The van der Waals surface area contributed by atoms with Gasteiger partial charge in [0, 0.05) is 5.54 Å². The van der Waals surface area contributed by atoms with Crippen LogP contribution >= 0.6 is 0 Å². The largest absolute Gasteiger partial charge is 0.467 e. The van der Waals surface area contributed by atoms with Crippen molar-refractivity contribution in [2.24, 2.45) is 0 Å². The smallest absolute Gasteiger partial charge is 0.237 e. The van der Waals surface area contributed by atoms with Gasteiger partial charge in [-0.3, -0.25) is 4.79 Å². The molecule has 4 heteroatoms. The number of nitrogens with one attached hydrogen (secondary N) is 1.